The van der Waals surface area contributed by atoms with Crippen LogP contribution in [0.3, 0.4) is 0 Å². The van der Waals surface area contributed by atoms with Gasteiger partial charge < -0.3 is 9.84 Å². The molecule has 156 valence electrons. The Kier molecular flexibility index (Phi) is 6.85. The van der Waals surface area contributed by atoms with Crippen LogP contribution in [0.25, 0.3) is 11.3 Å². The number of benzene rings is 2. The maximum atomic E-state index is 12.3. The summed E-state index contributed by atoms with van der Waals surface area (Å²) >= 11 is 0. The molecule has 0 unspecified atom stereocenters. The zero-order valence-electron chi connectivity index (χ0n) is 17.3. The fourth-order valence-electron chi connectivity index (χ4n) is 3.01. The van der Waals surface area contributed by atoms with Crippen molar-refractivity contribution < 1.29 is 14.6 Å². The second-order valence-corrected chi connectivity index (χ2v) is 7.29. The van der Waals surface area contributed by atoms with E-state index in [2.05, 4.69) is 46.7 Å². The molecule has 0 fully saturated rings. The topological polar surface area (TPSA) is 99.6 Å². The Bertz CT molecular complexity index is 1020. The summed E-state index contributed by atoms with van der Waals surface area (Å²) < 4.78 is 5.33. The van der Waals surface area contributed by atoms with Crippen LogP contribution in [0.15, 0.2) is 53.6 Å². The molecule has 0 aliphatic carbocycles. The fraction of sp³-hybridized carbons (Fsp3) is 0.261. The highest BCUT2D eigenvalue weighted by molar-refractivity contribution is 5.94. The van der Waals surface area contributed by atoms with Gasteiger partial charge in [-0.1, -0.05) is 44.2 Å². The van der Waals surface area contributed by atoms with E-state index in [1.165, 1.54) is 11.8 Å². The number of aromatic nitrogens is 2. The summed E-state index contributed by atoms with van der Waals surface area (Å²) in [6, 6.07) is 14.9. The van der Waals surface area contributed by atoms with Crippen LogP contribution in [-0.2, 0) is 6.42 Å². The molecule has 0 radical (unpaired) electrons. The number of aromatic hydroxyl groups is 1. The molecule has 0 atom stereocenters. The molecular weight excluding hydrogens is 380 g/mol. The summed E-state index contributed by atoms with van der Waals surface area (Å²) in [5, 5.41) is 21.0. The Hall–Kier alpha value is -3.61. The molecule has 3 rings (SSSR count). The predicted molar refractivity (Wildman–Crippen MR) is 117 cm³/mol. The van der Waals surface area contributed by atoms with Crippen LogP contribution in [0.4, 0.5) is 0 Å². The van der Waals surface area contributed by atoms with Gasteiger partial charge in [0.15, 0.2) is 11.5 Å². The highest BCUT2D eigenvalue weighted by Crippen LogP contribution is 2.28. The lowest BCUT2D eigenvalue weighted by Crippen LogP contribution is -2.18. The summed E-state index contributed by atoms with van der Waals surface area (Å²) in [4.78, 5) is 12.3. The summed E-state index contributed by atoms with van der Waals surface area (Å²) in [5.41, 5.74) is 6.04. The summed E-state index contributed by atoms with van der Waals surface area (Å²) in [5.74, 6) is 0.509. The van der Waals surface area contributed by atoms with Crippen molar-refractivity contribution >= 4 is 12.1 Å². The molecule has 1 heterocycles. The van der Waals surface area contributed by atoms with Crippen LogP contribution in [-0.4, -0.2) is 34.0 Å². The van der Waals surface area contributed by atoms with Crippen molar-refractivity contribution in [2.24, 2.45) is 11.0 Å². The highest BCUT2D eigenvalue weighted by Gasteiger charge is 2.11. The molecule has 0 aliphatic heterocycles. The van der Waals surface area contributed by atoms with E-state index in [1.807, 2.05) is 19.1 Å². The molecule has 0 aliphatic rings. The first-order valence-electron chi connectivity index (χ1n) is 9.90. The Morgan fingerprint density at radius 2 is 2.03 bits per heavy atom. The maximum Gasteiger partial charge on any atom is 0.289 e. The lowest BCUT2D eigenvalue weighted by molar-refractivity contribution is 0.0950. The number of hydrogen-bond acceptors (Lipinski definition) is 5. The monoisotopic (exact) mass is 406 g/mol. The van der Waals surface area contributed by atoms with E-state index in [4.69, 9.17) is 4.74 Å². The number of ether oxygens (including phenoxy) is 1. The number of aromatic amines is 1. The predicted octanol–water partition coefficient (Wildman–Crippen LogP) is 4.14. The van der Waals surface area contributed by atoms with Gasteiger partial charge in [0.25, 0.3) is 5.91 Å². The normalized spacial score (nSPS) is 11.2. The Labute approximate surface area is 175 Å². The van der Waals surface area contributed by atoms with Gasteiger partial charge >= 0.3 is 0 Å². The summed E-state index contributed by atoms with van der Waals surface area (Å²) in [7, 11) is 0. The van der Waals surface area contributed by atoms with Gasteiger partial charge in [0.05, 0.1) is 18.5 Å². The molecule has 1 aromatic heterocycles. The third kappa shape index (κ3) is 5.26. The van der Waals surface area contributed by atoms with E-state index in [0.717, 1.165) is 12.0 Å². The highest BCUT2D eigenvalue weighted by atomic mass is 16.5. The molecule has 0 saturated heterocycles. The number of para-hydroxylation sites is 1. The molecule has 0 saturated carbocycles. The molecule has 0 spiro atoms. The number of amides is 1. The lowest BCUT2D eigenvalue weighted by Gasteiger charge is -2.07. The number of carbonyl (C=O) groups excluding carboxylic acids is 1. The van der Waals surface area contributed by atoms with Crippen LogP contribution in [0.2, 0.25) is 0 Å². The van der Waals surface area contributed by atoms with Crippen molar-refractivity contribution in [3.63, 3.8) is 0 Å². The number of hydrogen-bond donors (Lipinski definition) is 3. The number of rotatable bonds is 8. The van der Waals surface area contributed by atoms with Gasteiger partial charge in [0.2, 0.25) is 0 Å². The minimum atomic E-state index is -0.429. The van der Waals surface area contributed by atoms with E-state index < -0.39 is 5.91 Å². The van der Waals surface area contributed by atoms with E-state index in [1.54, 1.807) is 24.3 Å². The first-order chi connectivity index (χ1) is 14.5. The smallest absolute Gasteiger partial charge is 0.289 e. The van der Waals surface area contributed by atoms with Crippen LogP contribution >= 0.6 is 0 Å². The van der Waals surface area contributed by atoms with Crippen molar-refractivity contribution in [3.05, 3.63) is 65.4 Å². The van der Waals surface area contributed by atoms with Crippen molar-refractivity contribution in [1.82, 2.24) is 15.6 Å². The number of phenols is 1. The first-order valence-corrected chi connectivity index (χ1v) is 9.90. The van der Waals surface area contributed by atoms with Crippen LogP contribution in [0.1, 0.15) is 42.4 Å². The van der Waals surface area contributed by atoms with Gasteiger partial charge in [0, 0.05) is 11.1 Å². The Morgan fingerprint density at radius 3 is 2.73 bits per heavy atom. The molecule has 2 aromatic carbocycles. The summed E-state index contributed by atoms with van der Waals surface area (Å²) in [6.45, 7) is 6.64. The van der Waals surface area contributed by atoms with Crippen molar-refractivity contribution in [3.8, 4) is 22.8 Å². The zero-order chi connectivity index (χ0) is 21.5. The number of H-pyrrole nitrogens is 1. The van der Waals surface area contributed by atoms with E-state index in [-0.39, 0.29) is 5.75 Å². The molecule has 1 amide bonds. The molecule has 30 heavy (non-hydrogen) atoms. The SMILES string of the molecule is CCOc1cccc(/C=N/NC(=O)c2cc(-c3ccc(CC(C)C)cc3)n[nH]2)c1O. The quantitative estimate of drug-likeness (QED) is 0.387. The van der Waals surface area contributed by atoms with Crippen molar-refractivity contribution in [2.45, 2.75) is 27.2 Å². The third-order valence-electron chi connectivity index (χ3n) is 4.42. The Morgan fingerprint density at radius 1 is 1.27 bits per heavy atom. The average molecular weight is 406 g/mol. The number of phenolic OH excluding ortho intramolecular Hbond substituents is 1. The van der Waals surface area contributed by atoms with Gasteiger partial charge in [0.1, 0.15) is 5.69 Å². The van der Waals surface area contributed by atoms with Crippen LogP contribution in [0.5, 0.6) is 11.5 Å². The molecular formula is C23H26N4O3. The van der Waals surface area contributed by atoms with Crippen molar-refractivity contribution in [1.29, 1.82) is 0 Å². The third-order valence-corrected chi connectivity index (χ3v) is 4.42. The second-order valence-electron chi connectivity index (χ2n) is 7.29. The largest absolute Gasteiger partial charge is 0.504 e. The minimum absolute atomic E-state index is 0.0258. The number of hydrazone groups is 1. The number of nitrogens with one attached hydrogen (secondary N) is 2. The standard InChI is InChI=1S/C23H26N4O3/c1-4-30-21-7-5-6-18(22(21)28)14-24-27-23(29)20-13-19(25-26-20)17-10-8-16(9-11-17)12-15(2)3/h5-11,13-15,28H,4,12H2,1-3H3,(H,25,26)(H,27,29)/b24-14+. The zero-order valence-corrected chi connectivity index (χ0v) is 17.3. The second kappa shape index (κ2) is 9.73. The van der Waals surface area contributed by atoms with E-state index in [9.17, 15) is 9.90 Å². The average Bonchev–Trinajstić information content (AvgIpc) is 3.21. The Balaban J connectivity index is 1.64. The molecule has 0 bridgehead atoms. The molecule has 3 N–H and O–H groups in total. The molecule has 7 heteroatoms. The summed E-state index contributed by atoms with van der Waals surface area (Å²) in [6.07, 6.45) is 2.38. The van der Waals surface area contributed by atoms with Crippen LogP contribution in [0, 0.1) is 5.92 Å². The van der Waals surface area contributed by atoms with Gasteiger partial charge in [-0.15, -0.1) is 0 Å². The fourth-order valence-corrected chi connectivity index (χ4v) is 3.01. The van der Waals surface area contributed by atoms with Gasteiger partial charge in [-0.3, -0.25) is 9.89 Å². The minimum Gasteiger partial charge on any atom is -0.504 e. The number of nitrogens with zero attached hydrogens (tertiary/aromatic N) is 2. The maximum absolute atomic E-state index is 12.3. The van der Waals surface area contributed by atoms with Crippen molar-refractivity contribution in [2.75, 3.05) is 6.61 Å². The van der Waals surface area contributed by atoms with Gasteiger partial charge in [-0.25, -0.2) is 5.43 Å². The van der Waals surface area contributed by atoms with Gasteiger partial charge in [-0.2, -0.15) is 10.2 Å². The number of carbonyl (C=O) groups is 1. The first kappa shape index (κ1) is 21.1. The van der Waals surface area contributed by atoms with Crippen LogP contribution < -0.4 is 10.2 Å². The van der Waals surface area contributed by atoms with E-state index in [0.29, 0.717) is 35.2 Å². The lowest BCUT2D eigenvalue weighted by atomic mass is 10.0. The molecule has 3 aromatic rings. The van der Waals surface area contributed by atoms with Gasteiger partial charge in [-0.05, 0) is 43.0 Å². The molecule has 7 nitrogen and oxygen atoms in total. The van der Waals surface area contributed by atoms with E-state index >= 15 is 0 Å².